The maximum atomic E-state index is 11.6. The largest absolute Gasteiger partial charge is 0.594 e. The Kier molecular flexibility index (Phi) is 3.01. The fraction of sp³-hybridized carbons (Fsp3) is 0.273. The van der Waals surface area contributed by atoms with Crippen LogP contribution in [0.3, 0.4) is 0 Å². The highest BCUT2D eigenvalue weighted by Gasteiger charge is 2.11. The van der Waals surface area contributed by atoms with Crippen molar-refractivity contribution in [2.24, 2.45) is 0 Å². The van der Waals surface area contributed by atoms with Crippen molar-refractivity contribution in [1.82, 2.24) is 10.1 Å². The molecule has 0 fully saturated rings. The monoisotopic (exact) mass is 229 g/mol. The van der Waals surface area contributed by atoms with E-state index in [0.29, 0.717) is 22.3 Å². The number of nitriles is 1. The number of hydrogen-bond donors (Lipinski definition) is 1. The molecule has 1 atom stereocenters. The van der Waals surface area contributed by atoms with E-state index in [0.717, 1.165) is 0 Å². The third-order valence-corrected chi connectivity index (χ3v) is 2.27. The SMILES string of the molecule is CC(CC#N)Nc1nc2ccccc2[n+]([O-])n1. The van der Waals surface area contributed by atoms with Crippen molar-refractivity contribution in [1.29, 1.82) is 5.26 Å². The molecule has 2 rings (SSSR count). The molecule has 0 aliphatic rings. The molecule has 6 heteroatoms. The van der Waals surface area contributed by atoms with E-state index in [4.69, 9.17) is 5.26 Å². The lowest BCUT2D eigenvalue weighted by atomic mass is 10.2. The van der Waals surface area contributed by atoms with Crippen molar-refractivity contribution in [2.75, 3.05) is 5.32 Å². The highest BCUT2D eigenvalue weighted by Crippen LogP contribution is 2.08. The molecule has 1 aromatic carbocycles. The van der Waals surface area contributed by atoms with Crippen molar-refractivity contribution < 1.29 is 4.85 Å². The Morgan fingerprint density at radius 2 is 2.29 bits per heavy atom. The molecule has 17 heavy (non-hydrogen) atoms. The molecule has 0 bridgehead atoms. The first-order valence-corrected chi connectivity index (χ1v) is 5.21. The average molecular weight is 229 g/mol. The van der Waals surface area contributed by atoms with Gasteiger partial charge >= 0.3 is 0 Å². The van der Waals surface area contributed by atoms with Crippen LogP contribution in [0.25, 0.3) is 11.0 Å². The summed E-state index contributed by atoms with van der Waals surface area (Å²) in [5.74, 6) is 0.237. The molecule has 1 N–H and O–H groups in total. The van der Waals surface area contributed by atoms with E-state index in [1.165, 1.54) is 0 Å². The number of para-hydroxylation sites is 2. The van der Waals surface area contributed by atoms with Gasteiger partial charge in [0.05, 0.1) is 17.6 Å². The summed E-state index contributed by atoms with van der Waals surface area (Å²) in [5, 5.41) is 26.8. The molecule has 1 heterocycles. The predicted octanol–water partition coefficient (Wildman–Crippen LogP) is 0.977. The number of nitrogens with zero attached hydrogens (tertiary/aromatic N) is 4. The van der Waals surface area contributed by atoms with E-state index in [9.17, 15) is 5.21 Å². The highest BCUT2D eigenvalue weighted by atomic mass is 16.5. The van der Waals surface area contributed by atoms with E-state index < -0.39 is 0 Å². The van der Waals surface area contributed by atoms with E-state index in [-0.39, 0.29) is 12.0 Å². The molecule has 0 spiro atoms. The number of aromatic nitrogens is 3. The van der Waals surface area contributed by atoms with Crippen LogP contribution in [0.4, 0.5) is 5.95 Å². The molecule has 6 nitrogen and oxygen atoms in total. The molecule has 1 unspecified atom stereocenters. The smallest absolute Gasteiger partial charge is 0.290 e. The number of rotatable bonds is 3. The number of anilines is 1. The summed E-state index contributed by atoms with van der Waals surface area (Å²) in [6, 6.07) is 8.90. The summed E-state index contributed by atoms with van der Waals surface area (Å²) in [6.45, 7) is 1.83. The fourth-order valence-corrected chi connectivity index (χ4v) is 1.47. The zero-order valence-electron chi connectivity index (χ0n) is 9.29. The Hall–Kier alpha value is -2.42. The van der Waals surface area contributed by atoms with Crippen LogP contribution < -0.4 is 10.2 Å². The van der Waals surface area contributed by atoms with Gasteiger partial charge in [-0.2, -0.15) is 5.26 Å². The minimum atomic E-state index is -0.0961. The lowest BCUT2D eigenvalue weighted by Crippen LogP contribution is -2.34. The number of fused-ring (bicyclic) bond motifs is 1. The molecule has 0 saturated heterocycles. The van der Waals surface area contributed by atoms with Crippen LogP contribution >= 0.6 is 0 Å². The van der Waals surface area contributed by atoms with Crippen LogP contribution in [-0.2, 0) is 0 Å². The molecule has 2 aromatic rings. The number of hydrogen-bond acceptors (Lipinski definition) is 5. The molecule has 0 radical (unpaired) electrons. The van der Waals surface area contributed by atoms with Gasteiger partial charge in [-0.25, -0.2) is 4.98 Å². The van der Waals surface area contributed by atoms with Gasteiger partial charge in [-0.3, -0.25) is 0 Å². The van der Waals surface area contributed by atoms with Gasteiger partial charge in [-0.05, 0) is 17.8 Å². The Bertz CT molecular complexity index is 578. The molecule has 0 saturated carbocycles. The Morgan fingerprint density at radius 1 is 1.53 bits per heavy atom. The minimum Gasteiger partial charge on any atom is -0.594 e. The fourth-order valence-electron chi connectivity index (χ4n) is 1.47. The first kappa shape index (κ1) is 11.1. The first-order chi connectivity index (χ1) is 8.20. The van der Waals surface area contributed by atoms with Crippen LogP contribution in [0.5, 0.6) is 0 Å². The summed E-state index contributed by atoms with van der Waals surface area (Å²) in [4.78, 5) is 4.74. The number of benzene rings is 1. The van der Waals surface area contributed by atoms with Gasteiger partial charge < -0.3 is 10.5 Å². The van der Waals surface area contributed by atoms with Crippen LogP contribution in [0.15, 0.2) is 24.3 Å². The summed E-state index contributed by atoms with van der Waals surface area (Å²) in [7, 11) is 0. The molecule has 86 valence electrons. The van der Waals surface area contributed by atoms with Crippen molar-refractivity contribution >= 4 is 17.0 Å². The second-order valence-corrected chi connectivity index (χ2v) is 3.70. The minimum absolute atomic E-state index is 0.0961. The van der Waals surface area contributed by atoms with Gasteiger partial charge in [-0.15, -0.1) is 0 Å². The standard InChI is InChI=1S/C11H11N5O/c1-8(6-7-12)13-11-14-9-4-2-3-5-10(9)16(17)15-11/h2-5,8H,6H2,1H3,(H,13,14,15). The van der Waals surface area contributed by atoms with Gasteiger partial charge in [0.15, 0.2) is 0 Å². The third kappa shape index (κ3) is 2.39. The van der Waals surface area contributed by atoms with Crippen molar-refractivity contribution in [3.05, 3.63) is 29.5 Å². The van der Waals surface area contributed by atoms with Crippen LogP contribution in [0.2, 0.25) is 0 Å². The lowest BCUT2D eigenvalue weighted by Gasteiger charge is -2.09. The van der Waals surface area contributed by atoms with Gasteiger partial charge in [0, 0.05) is 12.1 Å². The molecular weight excluding hydrogens is 218 g/mol. The number of nitrogens with one attached hydrogen (secondary N) is 1. The van der Waals surface area contributed by atoms with Crippen LogP contribution in [0, 0.1) is 16.5 Å². The summed E-state index contributed by atoms with van der Waals surface area (Å²) in [6.07, 6.45) is 0.328. The van der Waals surface area contributed by atoms with Gasteiger partial charge in [0.2, 0.25) is 0 Å². The second kappa shape index (κ2) is 4.61. The predicted molar refractivity (Wildman–Crippen MR) is 61.8 cm³/mol. The van der Waals surface area contributed by atoms with Crippen molar-refractivity contribution in [3.8, 4) is 6.07 Å². The zero-order chi connectivity index (χ0) is 12.3. The average Bonchev–Trinajstić information content (AvgIpc) is 2.29. The maximum Gasteiger partial charge on any atom is 0.290 e. The normalized spacial score (nSPS) is 12.0. The summed E-state index contributed by atoms with van der Waals surface area (Å²) < 4.78 is 0. The summed E-state index contributed by atoms with van der Waals surface area (Å²) >= 11 is 0. The molecule has 0 aliphatic heterocycles. The van der Waals surface area contributed by atoms with E-state index >= 15 is 0 Å². The molecule has 0 aliphatic carbocycles. The van der Waals surface area contributed by atoms with Crippen molar-refractivity contribution in [3.63, 3.8) is 0 Å². The zero-order valence-corrected chi connectivity index (χ0v) is 9.29. The highest BCUT2D eigenvalue weighted by molar-refractivity contribution is 5.71. The van der Waals surface area contributed by atoms with E-state index in [2.05, 4.69) is 15.4 Å². The molecule has 0 amide bonds. The maximum absolute atomic E-state index is 11.6. The first-order valence-electron chi connectivity index (χ1n) is 5.21. The third-order valence-electron chi connectivity index (χ3n) is 2.27. The molecule has 1 aromatic heterocycles. The second-order valence-electron chi connectivity index (χ2n) is 3.70. The Morgan fingerprint density at radius 3 is 3.06 bits per heavy atom. The quantitative estimate of drug-likeness (QED) is 0.626. The molecular formula is C11H11N5O. The van der Waals surface area contributed by atoms with Gasteiger partial charge in [0.25, 0.3) is 11.5 Å². The Balaban J connectivity index is 2.34. The van der Waals surface area contributed by atoms with E-state index in [1.54, 1.807) is 24.3 Å². The summed E-state index contributed by atoms with van der Waals surface area (Å²) in [5.41, 5.74) is 0.996. The lowest BCUT2D eigenvalue weighted by molar-refractivity contribution is -0.641. The van der Waals surface area contributed by atoms with E-state index in [1.807, 2.05) is 13.0 Å². The van der Waals surface area contributed by atoms with Crippen molar-refractivity contribution in [2.45, 2.75) is 19.4 Å². The van der Waals surface area contributed by atoms with Crippen LogP contribution in [0.1, 0.15) is 13.3 Å². The Labute approximate surface area is 98.1 Å². The topological polar surface area (TPSA) is 88.5 Å². The van der Waals surface area contributed by atoms with Gasteiger partial charge in [0.1, 0.15) is 5.52 Å². The van der Waals surface area contributed by atoms with Gasteiger partial charge in [-0.1, -0.05) is 12.1 Å². The van der Waals surface area contributed by atoms with Crippen LogP contribution in [-0.4, -0.2) is 16.1 Å².